The molecule has 0 bridgehead atoms. The number of nitrogens with zero attached hydrogens (tertiary/aromatic N) is 2. The Kier molecular flexibility index (Phi) is 9.84. The van der Waals surface area contributed by atoms with Crippen LogP contribution in [0.15, 0.2) is 73.1 Å². The van der Waals surface area contributed by atoms with E-state index in [-0.39, 0.29) is 42.0 Å². The number of carbonyl (C=O) groups excluding carboxylic acids is 1. The third-order valence-corrected chi connectivity index (χ3v) is 6.90. The maximum Gasteiger partial charge on any atom is 0.343 e. The van der Waals surface area contributed by atoms with Gasteiger partial charge in [0.25, 0.3) is 5.82 Å². The molecule has 9 heteroatoms. The van der Waals surface area contributed by atoms with E-state index in [0.29, 0.717) is 13.2 Å². The zero-order valence-electron chi connectivity index (χ0n) is 20.9. The molecule has 0 unspecified atom stereocenters. The van der Waals surface area contributed by atoms with Crippen molar-refractivity contribution in [3.63, 3.8) is 0 Å². The molecule has 0 radical (unpaired) electrons. The molecule has 37 heavy (non-hydrogen) atoms. The predicted octanol–water partition coefficient (Wildman–Crippen LogP) is 1.42. The van der Waals surface area contributed by atoms with Crippen LogP contribution in [0.3, 0.4) is 0 Å². The van der Waals surface area contributed by atoms with Crippen LogP contribution in [0.2, 0.25) is 0 Å². The van der Waals surface area contributed by atoms with Gasteiger partial charge in [-0.25, -0.2) is 22.7 Å². The molecular weight excluding hydrogens is 546 g/mol. The minimum absolute atomic E-state index is 0. The van der Waals surface area contributed by atoms with Crippen molar-refractivity contribution in [3.8, 4) is 5.75 Å². The van der Waals surface area contributed by atoms with Gasteiger partial charge in [-0.05, 0) is 24.1 Å². The summed E-state index contributed by atoms with van der Waals surface area (Å²) in [5.74, 6) is -2.85. The number of esters is 1. The molecule has 4 rings (SSSR count). The Morgan fingerprint density at radius 3 is 2.46 bits per heavy atom. The summed E-state index contributed by atoms with van der Waals surface area (Å²) >= 11 is 0. The molecule has 1 heterocycles. The van der Waals surface area contributed by atoms with Gasteiger partial charge in [-0.15, -0.1) is 0 Å². The van der Waals surface area contributed by atoms with Gasteiger partial charge < -0.3 is 31.6 Å². The molecule has 1 saturated carbocycles. The number of para-hydroxylation sites is 1. The predicted molar refractivity (Wildman–Crippen MR) is 130 cm³/mol. The number of hydrogen-bond acceptors (Lipinski definition) is 4. The second-order valence-electron chi connectivity index (χ2n) is 9.31. The molecule has 1 aliphatic carbocycles. The Hall–Kier alpha value is -2.78. The molecule has 0 aliphatic heterocycles. The first-order valence-electron chi connectivity index (χ1n) is 12.4. The van der Waals surface area contributed by atoms with Crippen LogP contribution in [0.25, 0.3) is 0 Å². The molecule has 6 nitrogen and oxygen atoms in total. The van der Waals surface area contributed by atoms with E-state index in [1.54, 1.807) is 30.3 Å². The van der Waals surface area contributed by atoms with Gasteiger partial charge in [0.1, 0.15) is 31.3 Å². The fraction of sp³-hybridized carbons (Fsp3) is 0.429. The van der Waals surface area contributed by atoms with E-state index >= 15 is 0 Å². The molecule has 1 aromatic heterocycles. The maximum atomic E-state index is 13.9. The summed E-state index contributed by atoms with van der Waals surface area (Å²) < 4.78 is 43.2. The van der Waals surface area contributed by atoms with E-state index < -0.39 is 29.8 Å². The van der Waals surface area contributed by atoms with E-state index in [1.165, 1.54) is 0 Å². The van der Waals surface area contributed by atoms with Gasteiger partial charge in [-0.2, -0.15) is 0 Å². The number of imidazole rings is 1. The van der Waals surface area contributed by atoms with Crippen molar-refractivity contribution in [2.24, 2.45) is 5.92 Å². The highest BCUT2D eigenvalue weighted by Crippen LogP contribution is 2.47. The van der Waals surface area contributed by atoms with Gasteiger partial charge in [0.05, 0.1) is 13.2 Å². The number of rotatable bonds is 11. The van der Waals surface area contributed by atoms with Crippen LogP contribution < -0.4 is 26.3 Å². The lowest BCUT2D eigenvalue weighted by molar-refractivity contribution is -0.702. The number of hydrogen-bond donors (Lipinski definition) is 1. The number of aryl methyl sites for hydroxylation is 1. The van der Waals surface area contributed by atoms with Gasteiger partial charge in [-0.1, -0.05) is 48.5 Å². The highest BCUT2D eigenvalue weighted by molar-refractivity contribution is 5.81. The molecule has 0 saturated heterocycles. The Morgan fingerprint density at radius 1 is 1.14 bits per heavy atom. The lowest BCUT2D eigenvalue weighted by Crippen LogP contribution is -3.00. The number of carbonyl (C=O) groups is 1. The second-order valence-corrected chi connectivity index (χ2v) is 9.31. The van der Waals surface area contributed by atoms with Crippen molar-refractivity contribution in [3.05, 3.63) is 84.4 Å². The monoisotopic (exact) mass is 578 g/mol. The van der Waals surface area contributed by atoms with Gasteiger partial charge >= 0.3 is 5.97 Å². The van der Waals surface area contributed by atoms with E-state index in [2.05, 4.69) is 4.57 Å². The highest BCUT2D eigenvalue weighted by atomic mass is 79.9. The number of aromatic nitrogens is 2. The molecular formula is C28H33BrF2N2O4. The summed E-state index contributed by atoms with van der Waals surface area (Å²) in [5.41, 5.74) is -1.82. The SMILES string of the molecule is Cc1n(CCOC(=O)[C@](O)(c2ccccc2)[C@@H]2CCC(F)(F)C2)cc[n+]1CCCOc1ccccc1.[Br-]. The fourth-order valence-electron chi connectivity index (χ4n) is 4.82. The largest absolute Gasteiger partial charge is 1.00 e. The minimum atomic E-state index is -2.89. The van der Waals surface area contributed by atoms with Crippen LogP contribution in [0.5, 0.6) is 5.75 Å². The van der Waals surface area contributed by atoms with Crippen LogP contribution in [-0.4, -0.2) is 34.8 Å². The highest BCUT2D eigenvalue weighted by Gasteiger charge is 2.54. The molecule has 0 spiro atoms. The van der Waals surface area contributed by atoms with Gasteiger partial charge in [0, 0.05) is 32.1 Å². The fourth-order valence-corrected chi connectivity index (χ4v) is 4.82. The van der Waals surface area contributed by atoms with Crippen molar-refractivity contribution in [1.82, 2.24) is 4.57 Å². The topological polar surface area (TPSA) is 64.6 Å². The molecule has 2 aromatic carbocycles. The molecule has 1 fully saturated rings. The second kappa shape index (κ2) is 12.6. The quantitative estimate of drug-likeness (QED) is 0.212. The smallest absolute Gasteiger partial charge is 0.343 e. The molecule has 1 aliphatic rings. The lowest BCUT2D eigenvalue weighted by atomic mass is 9.80. The minimum Gasteiger partial charge on any atom is -1.00 e. The number of halogens is 3. The lowest BCUT2D eigenvalue weighted by Gasteiger charge is -2.32. The number of aliphatic hydroxyl groups is 1. The molecule has 200 valence electrons. The number of ether oxygens (including phenoxy) is 2. The normalized spacial score (nSPS) is 18.0. The summed E-state index contributed by atoms with van der Waals surface area (Å²) in [6, 6.07) is 17.9. The van der Waals surface area contributed by atoms with Gasteiger partial charge in [0.2, 0.25) is 5.92 Å². The van der Waals surface area contributed by atoms with E-state index in [9.17, 15) is 18.7 Å². The average Bonchev–Trinajstić information content (AvgIpc) is 3.43. The van der Waals surface area contributed by atoms with Gasteiger partial charge in [0.15, 0.2) is 5.60 Å². The summed E-state index contributed by atoms with van der Waals surface area (Å²) in [6.45, 7) is 3.74. The zero-order valence-corrected chi connectivity index (χ0v) is 22.4. The summed E-state index contributed by atoms with van der Waals surface area (Å²) in [5, 5.41) is 11.4. The third-order valence-electron chi connectivity index (χ3n) is 6.90. The Bertz CT molecular complexity index is 1140. The standard InChI is InChI=1S/C28H33F2N2O4.BrH/c1-22-31(15-8-19-35-25-11-6-3-7-12-25)16-17-32(22)18-20-36-26(33)28(34,23-9-4-2-5-10-23)24-13-14-27(29,30)21-24;/h2-7,9-12,16-17,24,34H,8,13-15,18-21H2,1H3;1H/q+1;/p-1/t24-,28+;/m1./s1. The van der Waals surface area contributed by atoms with E-state index in [0.717, 1.165) is 24.5 Å². The van der Waals surface area contributed by atoms with E-state index in [4.69, 9.17) is 9.47 Å². The maximum absolute atomic E-state index is 13.9. The Balaban J connectivity index is 0.00000380. The summed E-state index contributed by atoms with van der Waals surface area (Å²) in [6.07, 6.45) is 3.85. The first-order valence-corrected chi connectivity index (χ1v) is 12.4. The molecule has 2 atom stereocenters. The van der Waals surface area contributed by atoms with Crippen LogP contribution in [-0.2, 0) is 28.2 Å². The summed E-state index contributed by atoms with van der Waals surface area (Å²) in [7, 11) is 0. The van der Waals surface area contributed by atoms with Crippen LogP contribution >= 0.6 is 0 Å². The van der Waals surface area contributed by atoms with Crippen molar-refractivity contribution in [2.75, 3.05) is 13.2 Å². The zero-order chi connectivity index (χ0) is 25.6. The van der Waals surface area contributed by atoms with Crippen molar-refractivity contribution in [2.45, 2.75) is 57.2 Å². The van der Waals surface area contributed by atoms with Crippen LogP contribution in [0.1, 0.15) is 37.1 Å². The van der Waals surface area contributed by atoms with E-state index in [1.807, 2.05) is 54.2 Å². The average molecular weight is 579 g/mol. The summed E-state index contributed by atoms with van der Waals surface area (Å²) in [4.78, 5) is 13.1. The van der Waals surface area contributed by atoms with Crippen LogP contribution in [0.4, 0.5) is 8.78 Å². The first kappa shape index (κ1) is 28.8. The van der Waals surface area contributed by atoms with Crippen molar-refractivity contribution < 1.29 is 49.7 Å². The molecule has 1 N–H and O–H groups in total. The Morgan fingerprint density at radius 2 is 1.81 bits per heavy atom. The number of benzene rings is 2. The Labute approximate surface area is 226 Å². The van der Waals surface area contributed by atoms with Crippen molar-refractivity contribution >= 4 is 5.97 Å². The molecule has 3 aromatic rings. The van der Waals surface area contributed by atoms with Gasteiger partial charge in [-0.3, -0.25) is 0 Å². The first-order chi connectivity index (χ1) is 17.3. The third kappa shape index (κ3) is 6.96. The van der Waals surface area contributed by atoms with Crippen LogP contribution in [0, 0.1) is 12.8 Å². The van der Waals surface area contributed by atoms with Crippen molar-refractivity contribution in [1.29, 1.82) is 0 Å². The number of alkyl halides is 2. The molecule has 0 amide bonds.